The normalized spacial score (nSPS) is 11.2. The van der Waals surface area contributed by atoms with Gasteiger partial charge in [0, 0.05) is 11.1 Å². The van der Waals surface area contributed by atoms with Gasteiger partial charge in [-0.05, 0) is 12.1 Å². The molecule has 88 valence electrons. The van der Waals surface area contributed by atoms with Gasteiger partial charge in [-0.1, -0.05) is 37.8 Å². The van der Waals surface area contributed by atoms with Crippen LogP contribution < -0.4 is 5.32 Å². The van der Waals surface area contributed by atoms with Crippen LogP contribution >= 0.6 is 11.8 Å². The van der Waals surface area contributed by atoms with Gasteiger partial charge >= 0.3 is 0 Å². The minimum absolute atomic E-state index is 0.135. The molecule has 0 saturated carbocycles. The molecule has 0 aromatic heterocycles. The van der Waals surface area contributed by atoms with Crippen LogP contribution in [0.15, 0.2) is 35.2 Å². The SMILES string of the molecule is C[Si](C)(C)CNC(=O)CSc1ccccc1. The van der Waals surface area contributed by atoms with Crippen molar-refractivity contribution < 1.29 is 4.79 Å². The third-order valence-electron chi connectivity index (χ3n) is 1.93. The largest absolute Gasteiger partial charge is 0.358 e. The maximum Gasteiger partial charge on any atom is 0.230 e. The monoisotopic (exact) mass is 253 g/mol. The molecule has 1 rings (SSSR count). The van der Waals surface area contributed by atoms with E-state index >= 15 is 0 Å². The van der Waals surface area contributed by atoms with Gasteiger partial charge in [-0.2, -0.15) is 0 Å². The van der Waals surface area contributed by atoms with Crippen molar-refractivity contribution >= 4 is 25.7 Å². The molecule has 0 spiro atoms. The number of nitrogens with one attached hydrogen (secondary N) is 1. The molecule has 0 saturated heterocycles. The number of hydrogen-bond donors (Lipinski definition) is 1. The van der Waals surface area contributed by atoms with Gasteiger partial charge in [-0.25, -0.2) is 0 Å². The van der Waals surface area contributed by atoms with E-state index in [4.69, 9.17) is 0 Å². The summed E-state index contributed by atoms with van der Waals surface area (Å²) >= 11 is 1.58. The van der Waals surface area contributed by atoms with Crippen molar-refractivity contribution in [2.45, 2.75) is 24.5 Å². The smallest absolute Gasteiger partial charge is 0.230 e. The van der Waals surface area contributed by atoms with Gasteiger partial charge in [0.15, 0.2) is 0 Å². The summed E-state index contributed by atoms with van der Waals surface area (Å²) < 4.78 is 0. The first-order valence-electron chi connectivity index (χ1n) is 5.42. The lowest BCUT2D eigenvalue weighted by Gasteiger charge is -2.16. The number of rotatable bonds is 5. The van der Waals surface area contributed by atoms with Crippen LogP contribution in [-0.2, 0) is 4.79 Å². The van der Waals surface area contributed by atoms with Crippen molar-refractivity contribution in [2.75, 3.05) is 11.9 Å². The minimum atomic E-state index is -1.17. The Bertz CT molecular complexity index is 335. The molecule has 4 heteroatoms. The number of carbonyl (C=O) groups is 1. The van der Waals surface area contributed by atoms with Crippen LogP contribution in [0.2, 0.25) is 19.6 Å². The topological polar surface area (TPSA) is 29.1 Å². The van der Waals surface area contributed by atoms with Crippen molar-refractivity contribution in [2.24, 2.45) is 0 Å². The van der Waals surface area contributed by atoms with E-state index in [1.165, 1.54) is 0 Å². The van der Waals surface area contributed by atoms with Crippen LogP contribution in [0.3, 0.4) is 0 Å². The Labute approximate surface area is 103 Å². The molecule has 0 unspecified atom stereocenters. The number of thioether (sulfide) groups is 1. The third kappa shape index (κ3) is 5.98. The van der Waals surface area contributed by atoms with E-state index < -0.39 is 8.07 Å². The molecule has 0 bridgehead atoms. The summed E-state index contributed by atoms with van der Waals surface area (Å²) in [4.78, 5) is 12.7. The summed E-state index contributed by atoms with van der Waals surface area (Å²) in [6.07, 6.45) is 0.862. The Kier molecular flexibility index (Phi) is 5.08. The van der Waals surface area contributed by atoms with Gasteiger partial charge in [0.1, 0.15) is 0 Å². The summed E-state index contributed by atoms with van der Waals surface area (Å²) in [5.41, 5.74) is 0. The van der Waals surface area contributed by atoms with Gasteiger partial charge in [-0.3, -0.25) is 4.79 Å². The average Bonchev–Trinajstić information content (AvgIpc) is 2.24. The fraction of sp³-hybridized carbons (Fsp3) is 0.417. The van der Waals surface area contributed by atoms with E-state index in [0.29, 0.717) is 5.75 Å². The Morgan fingerprint density at radius 3 is 2.44 bits per heavy atom. The maximum absolute atomic E-state index is 11.6. The lowest BCUT2D eigenvalue weighted by molar-refractivity contribution is -0.118. The molecule has 1 aromatic rings. The Morgan fingerprint density at radius 2 is 1.88 bits per heavy atom. The molecule has 0 radical (unpaired) electrons. The standard InChI is InChI=1S/C12H19NOSSi/c1-16(2,3)10-13-12(14)9-15-11-7-5-4-6-8-11/h4-8H,9-10H2,1-3H3,(H,13,14). The van der Waals surface area contributed by atoms with Gasteiger partial charge in [0.2, 0.25) is 5.91 Å². The number of amides is 1. The predicted octanol–water partition coefficient (Wildman–Crippen LogP) is 2.77. The van der Waals surface area contributed by atoms with Gasteiger partial charge < -0.3 is 5.32 Å². The van der Waals surface area contributed by atoms with E-state index in [1.807, 2.05) is 30.3 Å². The number of hydrogen-bond acceptors (Lipinski definition) is 2. The number of carbonyl (C=O) groups excluding carboxylic acids is 1. The molecule has 0 aliphatic carbocycles. The van der Waals surface area contributed by atoms with Crippen molar-refractivity contribution in [3.05, 3.63) is 30.3 Å². The zero-order valence-electron chi connectivity index (χ0n) is 10.1. The van der Waals surface area contributed by atoms with Crippen LogP contribution in [0.1, 0.15) is 0 Å². The zero-order valence-corrected chi connectivity index (χ0v) is 11.9. The molecule has 0 aliphatic rings. The van der Waals surface area contributed by atoms with Crippen molar-refractivity contribution in [3.63, 3.8) is 0 Å². The lowest BCUT2D eigenvalue weighted by Crippen LogP contribution is -2.40. The lowest BCUT2D eigenvalue weighted by atomic mass is 10.4. The van der Waals surface area contributed by atoms with E-state index in [9.17, 15) is 4.79 Å². The first kappa shape index (κ1) is 13.3. The molecule has 0 heterocycles. The molecule has 1 aromatic carbocycles. The molecule has 16 heavy (non-hydrogen) atoms. The highest BCUT2D eigenvalue weighted by Gasteiger charge is 2.14. The van der Waals surface area contributed by atoms with Gasteiger partial charge in [0.25, 0.3) is 0 Å². The van der Waals surface area contributed by atoms with E-state index in [-0.39, 0.29) is 5.91 Å². The van der Waals surface area contributed by atoms with Crippen LogP contribution in [0.25, 0.3) is 0 Å². The van der Waals surface area contributed by atoms with Crippen molar-refractivity contribution in [1.82, 2.24) is 5.32 Å². The second-order valence-electron chi connectivity index (χ2n) is 4.94. The fourth-order valence-corrected chi connectivity index (χ4v) is 2.56. The van der Waals surface area contributed by atoms with Crippen LogP contribution in [0, 0.1) is 0 Å². The maximum atomic E-state index is 11.6. The molecule has 0 atom stereocenters. The summed E-state index contributed by atoms with van der Waals surface area (Å²) in [6, 6.07) is 10.0. The predicted molar refractivity (Wildman–Crippen MR) is 73.5 cm³/mol. The zero-order chi connectivity index (χ0) is 12.0. The van der Waals surface area contributed by atoms with Crippen LogP contribution in [0.4, 0.5) is 0 Å². The summed E-state index contributed by atoms with van der Waals surface area (Å²) in [7, 11) is -1.17. The highest BCUT2D eigenvalue weighted by atomic mass is 32.2. The summed E-state index contributed by atoms with van der Waals surface area (Å²) in [5.74, 6) is 0.644. The highest BCUT2D eigenvalue weighted by Crippen LogP contribution is 2.16. The van der Waals surface area contributed by atoms with E-state index in [1.54, 1.807) is 11.8 Å². The van der Waals surface area contributed by atoms with E-state index in [0.717, 1.165) is 11.1 Å². The van der Waals surface area contributed by atoms with Crippen molar-refractivity contribution in [3.8, 4) is 0 Å². The van der Waals surface area contributed by atoms with Gasteiger partial charge in [0.05, 0.1) is 13.8 Å². The first-order valence-corrected chi connectivity index (χ1v) is 10.1. The summed E-state index contributed by atoms with van der Waals surface area (Å²) in [6.45, 7) is 6.74. The minimum Gasteiger partial charge on any atom is -0.358 e. The molecule has 0 aliphatic heterocycles. The second kappa shape index (κ2) is 6.11. The van der Waals surface area contributed by atoms with Crippen molar-refractivity contribution in [1.29, 1.82) is 0 Å². The summed E-state index contributed by atoms with van der Waals surface area (Å²) in [5, 5.41) is 2.99. The molecule has 2 nitrogen and oxygen atoms in total. The fourth-order valence-electron chi connectivity index (χ4n) is 1.08. The third-order valence-corrected chi connectivity index (χ3v) is 4.18. The van der Waals surface area contributed by atoms with Gasteiger partial charge in [-0.15, -0.1) is 11.8 Å². The van der Waals surface area contributed by atoms with E-state index in [2.05, 4.69) is 25.0 Å². The molecular formula is C12H19NOSSi. The molecular weight excluding hydrogens is 234 g/mol. The van der Waals surface area contributed by atoms with Crippen LogP contribution in [0.5, 0.6) is 0 Å². The highest BCUT2D eigenvalue weighted by molar-refractivity contribution is 8.00. The van der Waals surface area contributed by atoms with Crippen LogP contribution in [-0.4, -0.2) is 25.9 Å². The Balaban J connectivity index is 2.26. The number of benzene rings is 1. The molecule has 1 amide bonds. The molecule has 1 N–H and O–H groups in total. The molecule has 0 fully saturated rings. The quantitative estimate of drug-likeness (QED) is 0.646. The average molecular weight is 253 g/mol. The Hall–Kier alpha value is -0.743. The Morgan fingerprint density at radius 1 is 1.25 bits per heavy atom. The second-order valence-corrected chi connectivity index (χ2v) is 11.5. The first-order chi connectivity index (χ1) is 7.47.